The molecule has 1 aliphatic rings. The standard InChI is InChI=1S/C16H16N2O2/c1-19-6-7-20-16-9-15-14(8-12(16)10-17)13(4-5-18-15)11-2-3-11/h4-5,8-9,11H,2-3,6-7H2,1H3. The molecule has 0 aliphatic heterocycles. The fraction of sp³-hybridized carbons (Fsp3) is 0.375. The zero-order chi connectivity index (χ0) is 13.9. The summed E-state index contributed by atoms with van der Waals surface area (Å²) in [5, 5.41) is 10.4. The van der Waals surface area contributed by atoms with Crippen LogP contribution in [0.15, 0.2) is 24.4 Å². The van der Waals surface area contributed by atoms with Crippen LogP contribution in [0, 0.1) is 11.3 Å². The molecule has 0 spiro atoms. The molecule has 1 aromatic carbocycles. The van der Waals surface area contributed by atoms with E-state index in [1.807, 2.05) is 18.3 Å². The van der Waals surface area contributed by atoms with Gasteiger partial charge in [0, 0.05) is 24.8 Å². The summed E-state index contributed by atoms with van der Waals surface area (Å²) in [6, 6.07) is 8.03. The van der Waals surface area contributed by atoms with E-state index in [-0.39, 0.29) is 0 Å². The molecule has 4 heteroatoms. The minimum atomic E-state index is 0.430. The fourth-order valence-corrected chi connectivity index (χ4v) is 2.39. The summed E-state index contributed by atoms with van der Waals surface area (Å²) in [6.07, 6.45) is 4.29. The summed E-state index contributed by atoms with van der Waals surface area (Å²) in [6.45, 7) is 0.928. The molecule has 1 aliphatic carbocycles. The maximum Gasteiger partial charge on any atom is 0.139 e. The van der Waals surface area contributed by atoms with Crippen molar-refractivity contribution in [3.63, 3.8) is 0 Å². The Morgan fingerprint density at radius 1 is 1.35 bits per heavy atom. The van der Waals surface area contributed by atoms with E-state index in [4.69, 9.17) is 9.47 Å². The highest BCUT2D eigenvalue weighted by molar-refractivity contribution is 5.86. The Hall–Kier alpha value is -2.12. The number of benzene rings is 1. The molecule has 0 amide bonds. The van der Waals surface area contributed by atoms with Crippen LogP contribution in [0.1, 0.15) is 29.9 Å². The van der Waals surface area contributed by atoms with E-state index in [1.165, 1.54) is 18.4 Å². The van der Waals surface area contributed by atoms with Gasteiger partial charge in [-0.3, -0.25) is 4.98 Å². The molecular formula is C16H16N2O2. The van der Waals surface area contributed by atoms with Crippen LogP contribution >= 0.6 is 0 Å². The van der Waals surface area contributed by atoms with Crippen LogP contribution in [-0.4, -0.2) is 25.3 Å². The van der Waals surface area contributed by atoms with E-state index in [1.54, 1.807) is 7.11 Å². The fourth-order valence-electron chi connectivity index (χ4n) is 2.39. The smallest absolute Gasteiger partial charge is 0.139 e. The second kappa shape index (κ2) is 5.48. The molecule has 20 heavy (non-hydrogen) atoms. The Kier molecular flexibility index (Phi) is 3.53. The van der Waals surface area contributed by atoms with Crippen molar-refractivity contribution >= 4 is 10.9 Å². The SMILES string of the molecule is COCCOc1cc2nccc(C3CC3)c2cc1C#N. The summed E-state index contributed by atoms with van der Waals surface area (Å²) in [5.74, 6) is 1.21. The van der Waals surface area contributed by atoms with E-state index in [0.717, 1.165) is 10.9 Å². The molecule has 4 nitrogen and oxygen atoms in total. The van der Waals surface area contributed by atoms with Gasteiger partial charge >= 0.3 is 0 Å². The molecule has 1 aromatic heterocycles. The topological polar surface area (TPSA) is 55.1 Å². The number of rotatable bonds is 5. The maximum atomic E-state index is 9.30. The van der Waals surface area contributed by atoms with E-state index >= 15 is 0 Å². The van der Waals surface area contributed by atoms with Crippen molar-refractivity contribution in [2.45, 2.75) is 18.8 Å². The van der Waals surface area contributed by atoms with Gasteiger partial charge in [0.25, 0.3) is 0 Å². The lowest BCUT2D eigenvalue weighted by atomic mass is 10.0. The highest BCUT2D eigenvalue weighted by Crippen LogP contribution is 2.43. The van der Waals surface area contributed by atoms with Crippen molar-refractivity contribution in [1.82, 2.24) is 4.98 Å². The Labute approximate surface area is 118 Å². The average Bonchev–Trinajstić information content (AvgIpc) is 3.30. The molecule has 0 radical (unpaired) electrons. The van der Waals surface area contributed by atoms with Crippen LogP contribution in [-0.2, 0) is 4.74 Å². The largest absolute Gasteiger partial charge is 0.490 e. The molecule has 1 fully saturated rings. The lowest BCUT2D eigenvalue weighted by Crippen LogP contribution is -2.05. The van der Waals surface area contributed by atoms with Crippen LogP contribution in [0.2, 0.25) is 0 Å². The molecular weight excluding hydrogens is 252 g/mol. The number of hydrogen-bond acceptors (Lipinski definition) is 4. The number of fused-ring (bicyclic) bond motifs is 1. The third kappa shape index (κ3) is 2.45. The Morgan fingerprint density at radius 3 is 2.90 bits per heavy atom. The zero-order valence-electron chi connectivity index (χ0n) is 11.4. The first-order chi connectivity index (χ1) is 9.83. The van der Waals surface area contributed by atoms with Crippen LogP contribution < -0.4 is 4.74 Å². The number of pyridine rings is 1. The second-order valence-corrected chi connectivity index (χ2v) is 4.99. The lowest BCUT2D eigenvalue weighted by molar-refractivity contribution is 0.146. The molecule has 0 saturated heterocycles. The molecule has 3 rings (SSSR count). The molecule has 0 atom stereocenters. The van der Waals surface area contributed by atoms with E-state index in [9.17, 15) is 5.26 Å². The van der Waals surface area contributed by atoms with Crippen molar-refractivity contribution < 1.29 is 9.47 Å². The number of methoxy groups -OCH3 is 1. The van der Waals surface area contributed by atoms with Gasteiger partial charge < -0.3 is 9.47 Å². The van der Waals surface area contributed by atoms with Crippen molar-refractivity contribution in [3.8, 4) is 11.8 Å². The first-order valence-electron chi connectivity index (χ1n) is 6.78. The predicted molar refractivity (Wildman–Crippen MR) is 75.8 cm³/mol. The van der Waals surface area contributed by atoms with Crippen molar-refractivity contribution in [3.05, 3.63) is 35.5 Å². The summed E-state index contributed by atoms with van der Waals surface area (Å²) >= 11 is 0. The second-order valence-electron chi connectivity index (χ2n) is 4.99. The van der Waals surface area contributed by atoms with E-state index < -0.39 is 0 Å². The van der Waals surface area contributed by atoms with Crippen LogP contribution in [0.4, 0.5) is 0 Å². The third-order valence-electron chi connectivity index (χ3n) is 3.56. The highest BCUT2D eigenvalue weighted by Gasteiger charge is 2.25. The van der Waals surface area contributed by atoms with Gasteiger partial charge in [-0.25, -0.2) is 0 Å². The average molecular weight is 268 g/mol. The molecule has 1 saturated carbocycles. The molecule has 1 heterocycles. The molecule has 0 N–H and O–H groups in total. The quantitative estimate of drug-likeness (QED) is 0.782. The Morgan fingerprint density at radius 2 is 2.20 bits per heavy atom. The van der Waals surface area contributed by atoms with Crippen molar-refractivity contribution in [2.24, 2.45) is 0 Å². The van der Waals surface area contributed by atoms with E-state index in [2.05, 4.69) is 17.1 Å². The van der Waals surface area contributed by atoms with Gasteiger partial charge in [-0.1, -0.05) is 0 Å². The summed E-state index contributed by atoms with van der Waals surface area (Å²) in [5.41, 5.74) is 2.75. The Balaban J connectivity index is 2.02. The first-order valence-corrected chi connectivity index (χ1v) is 6.78. The minimum absolute atomic E-state index is 0.430. The molecule has 2 aromatic rings. The van der Waals surface area contributed by atoms with Gasteiger partial charge in [-0.15, -0.1) is 0 Å². The maximum absolute atomic E-state index is 9.30. The predicted octanol–water partition coefficient (Wildman–Crippen LogP) is 3.01. The van der Waals surface area contributed by atoms with Gasteiger partial charge in [-0.05, 0) is 36.5 Å². The first kappa shape index (κ1) is 12.9. The molecule has 102 valence electrons. The minimum Gasteiger partial charge on any atom is -0.490 e. The van der Waals surface area contributed by atoms with Gasteiger partial charge in [0.15, 0.2) is 0 Å². The lowest BCUT2D eigenvalue weighted by Gasteiger charge is -2.10. The van der Waals surface area contributed by atoms with E-state index in [0.29, 0.717) is 30.4 Å². The van der Waals surface area contributed by atoms with Gasteiger partial charge in [0.1, 0.15) is 18.4 Å². The number of ether oxygens (including phenoxy) is 2. The number of nitriles is 1. The van der Waals surface area contributed by atoms with Crippen molar-refractivity contribution in [2.75, 3.05) is 20.3 Å². The Bertz CT molecular complexity index is 672. The zero-order valence-corrected chi connectivity index (χ0v) is 11.4. The number of nitrogens with zero attached hydrogens (tertiary/aromatic N) is 2. The van der Waals surface area contributed by atoms with Crippen molar-refractivity contribution in [1.29, 1.82) is 5.26 Å². The number of aromatic nitrogens is 1. The molecule has 0 unspecified atom stereocenters. The van der Waals surface area contributed by atoms with Gasteiger partial charge in [0.05, 0.1) is 17.7 Å². The summed E-state index contributed by atoms with van der Waals surface area (Å²) in [7, 11) is 1.62. The highest BCUT2D eigenvalue weighted by atomic mass is 16.5. The van der Waals surface area contributed by atoms with Gasteiger partial charge in [0.2, 0.25) is 0 Å². The van der Waals surface area contributed by atoms with Crippen LogP contribution in [0.5, 0.6) is 5.75 Å². The summed E-state index contributed by atoms with van der Waals surface area (Å²) < 4.78 is 10.6. The summed E-state index contributed by atoms with van der Waals surface area (Å²) in [4.78, 5) is 4.40. The monoisotopic (exact) mass is 268 g/mol. The number of hydrogen-bond donors (Lipinski definition) is 0. The van der Waals surface area contributed by atoms with Crippen LogP contribution in [0.3, 0.4) is 0 Å². The molecule has 0 bridgehead atoms. The third-order valence-corrected chi connectivity index (χ3v) is 3.56. The van der Waals surface area contributed by atoms with Gasteiger partial charge in [-0.2, -0.15) is 5.26 Å². The van der Waals surface area contributed by atoms with Crippen LogP contribution in [0.25, 0.3) is 10.9 Å². The normalized spacial score (nSPS) is 14.2.